The number of halogens is 1. The largest absolute Gasteiger partial charge is 0.366 e. The zero-order valence-corrected chi connectivity index (χ0v) is 21.2. The number of carbonyl (C=O) groups excluding carboxylic acids is 2. The number of nitrogens with zero attached hydrogens (tertiary/aromatic N) is 3. The summed E-state index contributed by atoms with van der Waals surface area (Å²) in [6.45, 7) is 4.73. The third-order valence-corrected chi connectivity index (χ3v) is 7.40. The molecule has 38 heavy (non-hydrogen) atoms. The number of hydrogen-bond donors (Lipinski definition) is 1. The van der Waals surface area contributed by atoms with Crippen LogP contribution in [0.4, 0.5) is 4.39 Å². The van der Waals surface area contributed by atoms with Gasteiger partial charge in [-0.15, -0.1) is 0 Å². The van der Waals surface area contributed by atoms with Crippen molar-refractivity contribution in [2.45, 2.75) is 33.0 Å². The third-order valence-electron chi connectivity index (χ3n) is 7.40. The zero-order valence-electron chi connectivity index (χ0n) is 21.2. The highest BCUT2D eigenvalue weighted by Gasteiger charge is 2.28. The second kappa shape index (κ2) is 9.13. The van der Waals surface area contributed by atoms with E-state index in [2.05, 4.69) is 9.72 Å². The summed E-state index contributed by atoms with van der Waals surface area (Å²) < 4.78 is 21.4. The Hall–Kier alpha value is -4.46. The Labute approximate surface area is 218 Å². The highest BCUT2D eigenvalue weighted by molar-refractivity contribution is 6.20. The Morgan fingerprint density at radius 1 is 1.08 bits per heavy atom. The van der Waals surface area contributed by atoms with Crippen molar-refractivity contribution in [1.29, 1.82) is 0 Å². The van der Waals surface area contributed by atoms with Gasteiger partial charge in [0.15, 0.2) is 0 Å². The molecule has 1 aliphatic heterocycles. The Balaban J connectivity index is 1.63. The van der Waals surface area contributed by atoms with Crippen LogP contribution in [0.25, 0.3) is 32.9 Å². The van der Waals surface area contributed by atoms with Crippen LogP contribution in [0, 0.1) is 13.8 Å². The monoisotopic (exact) mass is 510 g/mol. The third kappa shape index (κ3) is 3.93. The van der Waals surface area contributed by atoms with Crippen LogP contribution >= 0.6 is 0 Å². The number of likely N-dealkylation sites (tertiary alicyclic amines) is 1. The van der Waals surface area contributed by atoms with Crippen LogP contribution in [0.15, 0.2) is 65.2 Å². The molecule has 1 saturated heterocycles. The van der Waals surface area contributed by atoms with E-state index in [0.717, 1.165) is 33.1 Å². The number of rotatable bonds is 5. The van der Waals surface area contributed by atoms with E-state index >= 15 is 0 Å². The number of amides is 2. The first-order valence-corrected chi connectivity index (χ1v) is 12.6. The quantitative estimate of drug-likeness (QED) is 0.343. The van der Waals surface area contributed by atoms with E-state index in [4.69, 9.17) is 10.3 Å². The molecule has 2 amide bonds. The molecule has 7 nitrogen and oxygen atoms in total. The molecule has 0 radical (unpaired) electrons. The molecule has 2 aromatic heterocycles. The van der Waals surface area contributed by atoms with Crippen molar-refractivity contribution < 1.29 is 18.5 Å². The van der Waals surface area contributed by atoms with Crippen molar-refractivity contribution in [2.24, 2.45) is 5.73 Å². The summed E-state index contributed by atoms with van der Waals surface area (Å²) in [5, 5.41) is 5.51. The lowest BCUT2D eigenvalue weighted by atomic mass is 9.97. The van der Waals surface area contributed by atoms with Gasteiger partial charge in [-0.05, 0) is 61.7 Å². The fourth-order valence-corrected chi connectivity index (χ4v) is 5.61. The van der Waals surface area contributed by atoms with Gasteiger partial charge in [0.05, 0.1) is 17.8 Å². The van der Waals surface area contributed by atoms with E-state index in [9.17, 15) is 14.0 Å². The van der Waals surface area contributed by atoms with Gasteiger partial charge in [-0.1, -0.05) is 35.5 Å². The Morgan fingerprint density at radius 3 is 2.53 bits per heavy atom. The molecule has 0 aliphatic carbocycles. The second-order valence-electron chi connectivity index (χ2n) is 9.92. The molecule has 3 heterocycles. The number of fused-ring (bicyclic) bond motifs is 3. The Bertz CT molecular complexity index is 1700. The first kappa shape index (κ1) is 23.9. The molecule has 1 fully saturated rings. The standard InChI is InChI=1S/C30H27FN4O3/c1-17-27(18(2)38-33-17)21-13-24(29(32)36)28-23-12-20(30(37)34-11-10-22(31)16-34)8-9-25(23)35(26(28)14-21)15-19-6-4-3-5-7-19/h3-9,12-14,22H,10-11,15-16H2,1-2H3,(H2,32,36)/t22-/m0/s1. The van der Waals surface area contributed by atoms with Gasteiger partial charge in [0, 0.05) is 46.1 Å². The lowest BCUT2D eigenvalue weighted by Crippen LogP contribution is -2.28. The van der Waals surface area contributed by atoms with Gasteiger partial charge >= 0.3 is 0 Å². The van der Waals surface area contributed by atoms with Gasteiger partial charge in [0.25, 0.3) is 5.91 Å². The van der Waals surface area contributed by atoms with Gasteiger partial charge in [-0.25, -0.2) is 4.39 Å². The minimum atomic E-state index is -1.00. The number of primary amides is 1. The van der Waals surface area contributed by atoms with E-state index in [1.807, 2.05) is 56.3 Å². The first-order chi connectivity index (χ1) is 18.3. The fourth-order valence-electron chi connectivity index (χ4n) is 5.61. The second-order valence-corrected chi connectivity index (χ2v) is 9.92. The van der Waals surface area contributed by atoms with Gasteiger partial charge in [0.1, 0.15) is 11.9 Å². The van der Waals surface area contributed by atoms with Gasteiger partial charge in [0.2, 0.25) is 5.91 Å². The van der Waals surface area contributed by atoms with Crippen LogP contribution in [-0.2, 0) is 6.54 Å². The highest BCUT2D eigenvalue weighted by Crippen LogP contribution is 2.38. The van der Waals surface area contributed by atoms with E-state index in [1.54, 1.807) is 23.1 Å². The maximum absolute atomic E-state index is 13.8. The fraction of sp³-hybridized carbons (Fsp3) is 0.233. The van der Waals surface area contributed by atoms with Crippen LogP contribution in [0.5, 0.6) is 0 Å². The van der Waals surface area contributed by atoms with Crippen molar-refractivity contribution in [3.05, 3.63) is 88.8 Å². The molecular weight excluding hydrogens is 483 g/mol. The lowest BCUT2D eigenvalue weighted by molar-refractivity contribution is 0.0782. The maximum Gasteiger partial charge on any atom is 0.253 e. The molecule has 1 aliphatic rings. The molecule has 8 heteroatoms. The molecule has 0 bridgehead atoms. The molecule has 2 N–H and O–H groups in total. The highest BCUT2D eigenvalue weighted by atomic mass is 19.1. The smallest absolute Gasteiger partial charge is 0.253 e. The molecule has 1 atom stereocenters. The molecular formula is C30H27FN4O3. The molecule has 6 rings (SSSR count). The minimum Gasteiger partial charge on any atom is -0.366 e. The maximum atomic E-state index is 13.8. The van der Waals surface area contributed by atoms with Crippen LogP contribution in [0.3, 0.4) is 0 Å². The number of carbonyl (C=O) groups is 2. The molecule has 5 aromatic rings. The van der Waals surface area contributed by atoms with Crippen molar-refractivity contribution in [1.82, 2.24) is 14.6 Å². The van der Waals surface area contributed by atoms with E-state index in [-0.39, 0.29) is 12.5 Å². The van der Waals surface area contributed by atoms with Gasteiger partial charge in [-0.2, -0.15) is 0 Å². The van der Waals surface area contributed by atoms with Crippen LogP contribution in [0.1, 0.15) is 44.2 Å². The van der Waals surface area contributed by atoms with Crippen molar-refractivity contribution >= 4 is 33.6 Å². The molecule has 192 valence electrons. The predicted octanol–water partition coefficient (Wildman–Crippen LogP) is 5.40. The van der Waals surface area contributed by atoms with Gasteiger partial charge < -0.3 is 19.7 Å². The van der Waals surface area contributed by atoms with Crippen LogP contribution in [-0.4, -0.2) is 45.7 Å². The Morgan fingerprint density at radius 2 is 1.87 bits per heavy atom. The summed E-state index contributed by atoms with van der Waals surface area (Å²) in [6.07, 6.45) is -0.652. The number of aromatic nitrogens is 2. The van der Waals surface area contributed by atoms with Crippen molar-refractivity contribution in [3.63, 3.8) is 0 Å². The summed E-state index contributed by atoms with van der Waals surface area (Å²) in [7, 11) is 0. The molecule has 0 spiro atoms. The molecule has 3 aromatic carbocycles. The number of hydrogen-bond acceptors (Lipinski definition) is 4. The van der Waals surface area contributed by atoms with E-state index in [1.165, 1.54) is 0 Å². The summed E-state index contributed by atoms with van der Waals surface area (Å²) >= 11 is 0. The Kier molecular flexibility index (Phi) is 5.75. The number of benzene rings is 3. The van der Waals surface area contributed by atoms with Crippen molar-refractivity contribution in [2.75, 3.05) is 13.1 Å². The minimum absolute atomic E-state index is 0.0972. The van der Waals surface area contributed by atoms with E-state index < -0.39 is 12.1 Å². The van der Waals surface area contributed by atoms with Crippen LogP contribution in [0.2, 0.25) is 0 Å². The van der Waals surface area contributed by atoms with Crippen LogP contribution < -0.4 is 5.73 Å². The predicted molar refractivity (Wildman–Crippen MR) is 144 cm³/mol. The first-order valence-electron chi connectivity index (χ1n) is 12.6. The number of aryl methyl sites for hydroxylation is 2. The topological polar surface area (TPSA) is 94.4 Å². The van der Waals surface area contributed by atoms with Gasteiger partial charge in [-0.3, -0.25) is 9.59 Å². The SMILES string of the molecule is Cc1noc(C)c1-c1cc(C(N)=O)c2c3cc(C(=O)N4CC[C@H](F)C4)ccc3n(Cc3ccccc3)c2c1. The lowest BCUT2D eigenvalue weighted by Gasteiger charge is -2.15. The average molecular weight is 511 g/mol. The average Bonchev–Trinajstić information content (AvgIpc) is 3.59. The van der Waals surface area contributed by atoms with E-state index in [0.29, 0.717) is 47.5 Å². The molecule has 0 saturated carbocycles. The van der Waals surface area contributed by atoms with Crippen molar-refractivity contribution in [3.8, 4) is 11.1 Å². The summed E-state index contributed by atoms with van der Waals surface area (Å²) in [5.41, 5.74) is 11.8. The zero-order chi connectivity index (χ0) is 26.6. The normalized spacial score (nSPS) is 15.6. The number of nitrogens with two attached hydrogens (primary N) is 1. The number of alkyl halides is 1. The molecule has 0 unspecified atom stereocenters. The summed E-state index contributed by atoms with van der Waals surface area (Å²) in [4.78, 5) is 27.6. The summed E-state index contributed by atoms with van der Waals surface area (Å²) in [5.74, 6) is -0.143. The summed E-state index contributed by atoms with van der Waals surface area (Å²) in [6, 6.07) is 19.3.